The monoisotopic (exact) mass is 236 g/mol. The number of aryl methyl sites for hydroxylation is 1. The Morgan fingerprint density at radius 3 is 2.81 bits per heavy atom. The third-order valence-corrected chi connectivity index (χ3v) is 4.67. The van der Waals surface area contributed by atoms with Crippen molar-refractivity contribution in [1.82, 2.24) is 4.98 Å². The normalized spacial score (nSPS) is 18.9. The van der Waals surface area contributed by atoms with Gasteiger partial charge in [-0.25, -0.2) is 0 Å². The average Bonchev–Trinajstić information content (AvgIpc) is 2.80. The molecule has 1 aromatic heterocycles. The van der Waals surface area contributed by atoms with Crippen molar-refractivity contribution in [2.75, 3.05) is 5.75 Å². The van der Waals surface area contributed by atoms with E-state index < -0.39 is 0 Å². The van der Waals surface area contributed by atoms with Crippen LogP contribution in [-0.2, 0) is 0 Å². The quantitative estimate of drug-likeness (QED) is 0.873. The van der Waals surface area contributed by atoms with Gasteiger partial charge in [-0.1, -0.05) is 18.9 Å². The topological polar surface area (TPSA) is 38.9 Å². The number of hydrogen-bond acceptors (Lipinski definition) is 3. The van der Waals surface area contributed by atoms with Gasteiger partial charge in [-0.3, -0.25) is 4.98 Å². The van der Waals surface area contributed by atoms with Crippen LogP contribution < -0.4 is 5.73 Å². The molecule has 0 aliphatic heterocycles. The molecule has 1 fully saturated rings. The summed E-state index contributed by atoms with van der Waals surface area (Å²) in [7, 11) is 0. The summed E-state index contributed by atoms with van der Waals surface area (Å²) in [5.74, 6) is 1.02. The van der Waals surface area contributed by atoms with E-state index in [9.17, 15) is 0 Å². The number of hydrogen-bond donors (Lipinski definition) is 1. The van der Waals surface area contributed by atoms with Crippen molar-refractivity contribution in [3.05, 3.63) is 29.6 Å². The minimum atomic E-state index is 0.138. The van der Waals surface area contributed by atoms with E-state index in [0.29, 0.717) is 0 Å². The molecule has 1 aliphatic carbocycles. The van der Waals surface area contributed by atoms with Crippen molar-refractivity contribution in [1.29, 1.82) is 0 Å². The van der Waals surface area contributed by atoms with Gasteiger partial charge in [-0.05, 0) is 31.4 Å². The molecule has 16 heavy (non-hydrogen) atoms. The van der Waals surface area contributed by atoms with E-state index in [-0.39, 0.29) is 6.04 Å². The second-order valence-corrected chi connectivity index (χ2v) is 5.91. The summed E-state index contributed by atoms with van der Waals surface area (Å²) in [5.41, 5.74) is 8.38. The fraction of sp³-hybridized carbons (Fsp3) is 0.615. The Bertz CT molecular complexity index is 317. The fourth-order valence-electron chi connectivity index (χ4n) is 2.09. The van der Waals surface area contributed by atoms with Crippen LogP contribution in [0, 0.1) is 6.92 Å². The molecule has 2 N–H and O–H groups in total. The van der Waals surface area contributed by atoms with Crippen LogP contribution in [0.25, 0.3) is 0 Å². The van der Waals surface area contributed by atoms with E-state index in [2.05, 4.69) is 11.1 Å². The first-order chi connectivity index (χ1) is 7.75. The molecule has 1 heterocycles. The van der Waals surface area contributed by atoms with Gasteiger partial charge in [0.05, 0.1) is 0 Å². The lowest BCUT2D eigenvalue weighted by molar-refractivity contribution is 0.812. The van der Waals surface area contributed by atoms with Crippen LogP contribution >= 0.6 is 11.8 Å². The Labute approximate surface area is 102 Å². The maximum Gasteiger partial charge on any atom is 0.0402 e. The van der Waals surface area contributed by atoms with Crippen LogP contribution in [0.2, 0.25) is 0 Å². The van der Waals surface area contributed by atoms with Gasteiger partial charge >= 0.3 is 0 Å². The van der Waals surface area contributed by atoms with E-state index in [1.165, 1.54) is 25.7 Å². The predicted molar refractivity (Wildman–Crippen MR) is 70.6 cm³/mol. The summed E-state index contributed by atoms with van der Waals surface area (Å²) in [4.78, 5) is 4.29. The van der Waals surface area contributed by atoms with Crippen molar-refractivity contribution in [2.45, 2.75) is 43.9 Å². The number of aromatic nitrogens is 1. The van der Waals surface area contributed by atoms with Gasteiger partial charge in [0.2, 0.25) is 0 Å². The summed E-state index contributed by atoms with van der Waals surface area (Å²) in [6, 6.07) is 4.27. The molecule has 0 saturated heterocycles. The lowest BCUT2D eigenvalue weighted by Crippen LogP contribution is -2.15. The third kappa shape index (κ3) is 3.22. The van der Waals surface area contributed by atoms with E-state index in [1.54, 1.807) is 0 Å². The molecule has 2 rings (SSSR count). The summed E-state index contributed by atoms with van der Waals surface area (Å²) < 4.78 is 0. The summed E-state index contributed by atoms with van der Waals surface area (Å²) >= 11 is 2.04. The Morgan fingerprint density at radius 2 is 2.19 bits per heavy atom. The summed E-state index contributed by atoms with van der Waals surface area (Å²) in [6.07, 6.45) is 7.47. The molecular weight excluding hydrogens is 216 g/mol. The van der Waals surface area contributed by atoms with E-state index in [4.69, 9.17) is 5.73 Å². The zero-order chi connectivity index (χ0) is 11.4. The largest absolute Gasteiger partial charge is 0.323 e. The lowest BCUT2D eigenvalue weighted by atomic mass is 10.1. The molecule has 88 valence electrons. The first kappa shape index (κ1) is 11.9. The van der Waals surface area contributed by atoms with Crippen LogP contribution in [0.15, 0.2) is 18.3 Å². The summed E-state index contributed by atoms with van der Waals surface area (Å²) in [6.45, 7) is 2.00. The van der Waals surface area contributed by atoms with Gasteiger partial charge in [0.1, 0.15) is 0 Å². The molecule has 0 bridgehead atoms. The number of nitrogens with zero attached hydrogens (tertiary/aromatic N) is 1. The third-order valence-electron chi connectivity index (χ3n) is 3.18. The van der Waals surface area contributed by atoms with Crippen molar-refractivity contribution >= 4 is 11.8 Å². The van der Waals surface area contributed by atoms with Gasteiger partial charge in [-0.15, -0.1) is 0 Å². The molecule has 1 aliphatic rings. The highest BCUT2D eigenvalue weighted by Crippen LogP contribution is 2.31. The highest BCUT2D eigenvalue weighted by molar-refractivity contribution is 7.99. The highest BCUT2D eigenvalue weighted by Gasteiger charge is 2.17. The molecule has 0 radical (unpaired) electrons. The lowest BCUT2D eigenvalue weighted by Gasteiger charge is -2.14. The molecule has 2 nitrogen and oxygen atoms in total. The van der Waals surface area contributed by atoms with Gasteiger partial charge < -0.3 is 5.73 Å². The predicted octanol–water partition coefficient (Wildman–Crippen LogP) is 3.07. The van der Waals surface area contributed by atoms with Crippen molar-refractivity contribution in [3.63, 3.8) is 0 Å². The SMILES string of the molecule is Cc1ccc(C(N)CSC2CCCC2)cn1. The Balaban J connectivity index is 1.82. The van der Waals surface area contributed by atoms with Gasteiger partial charge in [0, 0.05) is 28.9 Å². The van der Waals surface area contributed by atoms with Crippen LogP contribution in [0.1, 0.15) is 43.0 Å². The van der Waals surface area contributed by atoms with E-state index in [0.717, 1.165) is 22.3 Å². The maximum absolute atomic E-state index is 6.16. The smallest absolute Gasteiger partial charge is 0.0402 e. The molecule has 1 aromatic rings. The minimum absolute atomic E-state index is 0.138. The standard InChI is InChI=1S/C13H20N2S/c1-10-6-7-11(8-15-10)13(14)9-16-12-4-2-3-5-12/h6-8,12-13H,2-5,9,14H2,1H3. The van der Waals surface area contributed by atoms with E-state index >= 15 is 0 Å². The molecule has 1 unspecified atom stereocenters. The van der Waals surface area contributed by atoms with Gasteiger partial charge in [0.25, 0.3) is 0 Å². The maximum atomic E-state index is 6.16. The first-order valence-corrected chi connectivity index (χ1v) is 7.10. The van der Waals surface area contributed by atoms with Crippen molar-refractivity contribution in [3.8, 4) is 0 Å². The van der Waals surface area contributed by atoms with Crippen LogP contribution in [-0.4, -0.2) is 16.0 Å². The summed E-state index contributed by atoms with van der Waals surface area (Å²) in [5, 5.41) is 0.851. The Morgan fingerprint density at radius 1 is 1.44 bits per heavy atom. The molecule has 1 atom stereocenters. The molecule has 3 heteroatoms. The Kier molecular flexibility index (Phi) is 4.24. The highest BCUT2D eigenvalue weighted by atomic mass is 32.2. The van der Waals surface area contributed by atoms with Crippen molar-refractivity contribution in [2.24, 2.45) is 5.73 Å². The minimum Gasteiger partial charge on any atom is -0.323 e. The average molecular weight is 236 g/mol. The molecule has 0 spiro atoms. The second-order valence-electron chi connectivity index (χ2n) is 4.58. The number of thioether (sulfide) groups is 1. The van der Waals surface area contributed by atoms with E-state index in [1.807, 2.05) is 30.9 Å². The number of rotatable bonds is 4. The van der Waals surface area contributed by atoms with Crippen molar-refractivity contribution < 1.29 is 0 Å². The molecule has 0 aromatic carbocycles. The van der Waals surface area contributed by atoms with Gasteiger partial charge in [-0.2, -0.15) is 11.8 Å². The number of pyridine rings is 1. The molecule has 1 saturated carbocycles. The van der Waals surface area contributed by atoms with Crippen LogP contribution in [0.3, 0.4) is 0 Å². The van der Waals surface area contributed by atoms with Crippen LogP contribution in [0.4, 0.5) is 0 Å². The number of nitrogens with two attached hydrogens (primary N) is 1. The fourth-order valence-corrected chi connectivity index (χ4v) is 3.43. The van der Waals surface area contributed by atoms with Gasteiger partial charge in [0.15, 0.2) is 0 Å². The zero-order valence-corrected chi connectivity index (χ0v) is 10.7. The van der Waals surface area contributed by atoms with Crippen LogP contribution in [0.5, 0.6) is 0 Å². The first-order valence-electron chi connectivity index (χ1n) is 6.05. The second kappa shape index (κ2) is 5.69. The zero-order valence-electron chi connectivity index (χ0n) is 9.86. The Hall–Kier alpha value is -0.540. The molecule has 0 amide bonds. The molecular formula is C13H20N2S.